The fourth-order valence-corrected chi connectivity index (χ4v) is 4.53. The van der Waals surface area contributed by atoms with E-state index in [1.54, 1.807) is 32.0 Å². The van der Waals surface area contributed by atoms with E-state index in [0.717, 1.165) is 31.7 Å². The molecule has 0 saturated heterocycles. The number of fused-ring (bicyclic) bond motifs is 1. The maximum Gasteiger partial charge on any atom is 0.433 e. The fraction of sp³-hybridized carbons (Fsp3) is 0.458. The summed E-state index contributed by atoms with van der Waals surface area (Å²) < 4.78 is 45.2. The second-order valence-electron chi connectivity index (χ2n) is 9.12. The number of anilines is 2. The van der Waals surface area contributed by atoms with Crippen molar-refractivity contribution in [2.24, 2.45) is 0 Å². The SMILES string of the molecule is C[C@H]1Oc2cc(NC(=O)NC3(C)CCCC3)ccc2N([C@@H](C)c2cccc(C(F)(F)F)n2)C1=O. The lowest BCUT2D eigenvalue weighted by Crippen LogP contribution is -2.46. The number of alkyl halides is 3. The van der Waals surface area contributed by atoms with Crippen LogP contribution in [0.3, 0.4) is 0 Å². The molecule has 2 aromatic rings. The molecule has 0 bridgehead atoms. The average Bonchev–Trinajstić information content (AvgIpc) is 3.19. The van der Waals surface area contributed by atoms with Gasteiger partial charge < -0.3 is 15.4 Å². The molecule has 2 aliphatic rings. The van der Waals surface area contributed by atoms with E-state index in [2.05, 4.69) is 15.6 Å². The van der Waals surface area contributed by atoms with Crippen LogP contribution in [0.5, 0.6) is 5.75 Å². The third kappa shape index (κ3) is 4.80. The molecule has 1 aromatic heterocycles. The number of amides is 3. The van der Waals surface area contributed by atoms with Crippen LogP contribution in [0.1, 0.15) is 63.9 Å². The van der Waals surface area contributed by atoms with Crippen LogP contribution in [0.4, 0.5) is 29.3 Å². The van der Waals surface area contributed by atoms with E-state index in [-0.39, 0.29) is 17.3 Å². The van der Waals surface area contributed by atoms with Gasteiger partial charge >= 0.3 is 12.2 Å². The highest BCUT2D eigenvalue weighted by Gasteiger charge is 2.38. The Labute approximate surface area is 195 Å². The number of hydrogen-bond donors (Lipinski definition) is 2. The Kier molecular flexibility index (Phi) is 6.18. The number of nitrogens with one attached hydrogen (secondary N) is 2. The van der Waals surface area contributed by atoms with Crippen molar-refractivity contribution in [1.29, 1.82) is 0 Å². The average molecular weight is 476 g/mol. The summed E-state index contributed by atoms with van der Waals surface area (Å²) in [6.45, 7) is 5.20. The van der Waals surface area contributed by atoms with Crippen molar-refractivity contribution >= 4 is 23.3 Å². The van der Waals surface area contributed by atoms with E-state index in [4.69, 9.17) is 4.74 Å². The predicted octanol–water partition coefficient (Wildman–Crippen LogP) is 5.43. The number of hydrogen-bond acceptors (Lipinski definition) is 4. The molecule has 2 N–H and O–H groups in total. The lowest BCUT2D eigenvalue weighted by molar-refractivity contribution is -0.141. The Morgan fingerprint density at radius 1 is 1.24 bits per heavy atom. The molecule has 1 saturated carbocycles. The van der Waals surface area contributed by atoms with Crippen molar-refractivity contribution in [2.75, 3.05) is 10.2 Å². The topological polar surface area (TPSA) is 83.6 Å². The van der Waals surface area contributed by atoms with Gasteiger partial charge in [-0.15, -0.1) is 0 Å². The second-order valence-corrected chi connectivity index (χ2v) is 9.12. The molecule has 3 amide bonds. The fourth-order valence-electron chi connectivity index (χ4n) is 4.53. The van der Waals surface area contributed by atoms with E-state index < -0.39 is 29.9 Å². The van der Waals surface area contributed by atoms with Crippen LogP contribution in [0, 0.1) is 0 Å². The third-order valence-electron chi connectivity index (χ3n) is 6.36. The van der Waals surface area contributed by atoms with Gasteiger partial charge in [0, 0.05) is 17.3 Å². The summed E-state index contributed by atoms with van der Waals surface area (Å²) >= 11 is 0. The maximum absolute atomic E-state index is 13.1. The van der Waals surface area contributed by atoms with Crippen molar-refractivity contribution in [3.8, 4) is 5.75 Å². The van der Waals surface area contributed by atoms with E-state index in [1.165, 1.54) is 17.0 Å². The Morgan fingerprint density at radius 2 is 1.94 bits per heavy atom. The van der Waals surface area contributed by atoms with Gasteiger partial charge in [-0.25, -0.2) is 9.78 Å². The van der Waals surface area contributed by atoms with Crippen molar-refractivity contribution in [3.05, 3.63) is 47.8 Å². The van der Waals surface area contributed by atoms with Gasteiger partial charge in [-0.2, -0.15) is 13.2 Å². The minimum absolute atomic E-state index is 0.106. The first-order chi connectivity index (χ1) is 16.0. The van der Waals surface area contributed by atoms with Crippen LogP contribution in [-0.4, -0.2) is 28.6 Å². The monoisotopic (exact) mass is 476 g/mol. The quantitative estimate of drug-likeness (QED) is 0.617. The third-order valence-corrected chi connectivity index (χ3v) is 6.36. The molecule has 1 fully saturated rings. The molecule has 1 aliphatic carbocycles. The van der Waals surface area contributed by atoms with Crippen molar-refractivity contribution in [2.45, 2.75) is 70.3 Å². The summed E-state index contributed by atoms with van der Waals surface area (Å²) in [4.78, 5) is 30.6. The van der Waals surface area contributed by atoms with Gasteiger partial charge in [-0.1, -0.05) is 18.9 Å². The standard InChI is InChI=1S/C24H27F3N4O3/c1-14(17-7-6-8-20(29-17)24(25,26)27)31-18-10-9-16(13-19(18)34-15(2)21(31)32)28-22(33)30-23(3)11-4-5-12-23/h6-10,13-15H,4-5,11-12H2,1-3H3,(H2,28,30,33)/t14-,15+/m0/s1. The van der Waals surface area contributed by atoms with Gasteiger partial charge in [0.15, 0.2) is 6.10 Å². The van der Waals surface area contributed by atoms with E-state index in [1.807, 2.05) is 6.92 Å². The number of benzene rings is 1. The minimum atomic E-state index is -4.59. The van der Waals surface area contributed by atoms with Gasteiger partial charge in [-0.3, -0.25) is 9.69 Å². The first-order valence-electron chi connectivity index (χ1n) is 11.2. The Morgan fingerprint density at radius 3 is 2.62 bits per heavy atom. The Bertz CT molecular complexity index is 1100. The minimum Gasteiger partial charge on any atom is -0.479 e. The number of ether oxygens (including phenoxy) is 1. The number of carbonyl (C=O) groups excluding carboxylic acids is 2. The second kappa shape index (κ2) is 8.81. The van der Waals surface area contributed by atoms with Gasteiger partial charge in [0.05, 0.1) is 17.4 Å². The van der Waals surface area contributed by atoms with Crippen molar-refractivity contribution in [3.63, 3.8) is 0 Å². The van der Waals surface area contributed by atoms with Crippen molar-refractivity contribution < 1.29 is 27.5 Å². The molecule has 10 heteroatoms. The zero-order valence-electron chi connectivity index (χ0n) is 19.2. The summed E-state index contributed by atoms with van der Waals surface area (Å²) in [5.41, 5.74) is -0.283. The summed E-state index contributed by atoms with van der Waals surface area (Å²) in [6, 6.07) is 7.35. The number of carbonyl (C=O) groups is 2. The summed E-state index contributed by atoms with van der Waals surface area (Å²) in [5, 5.41) is 5.81. The molecule has 34 heavy (non-hydrogen) atoms. The number of aromatic nitrogens is 1. The maximum atomic E-state index is 13.1. The van der Waals surface area contributed by atoms with Gasteiger partial charge in [0.2, 0.25) is 0 Å². The molecular formula is C24H27F3N4O3. The molecule has 1 aliphatic heterocycles. The molecule has 182 valence electrons. The number of nitrogens with zero attached hydrogens (tertiary/aromatic N) is 2. The number of halogens is 3. The van der Waals surface area contributed by atoms with Crippen molar-refractivity contribution in [1.82, 2.24) is 10.3 Å². The van der Waals surface area contributed by atoms with Crippen LogP contribution >= 0.6 is 0 Å². The molecule has 1 aromatic carbocycles. The zero-order valence-corrected chi connectivity index (χ0v) is 19.2. The number of rotatable bonds is 4. The molecule has 7 nitrogen and oxygen atoms in total. The summed E-state index contributed by atoms with van der Waals surface area (Å²) in [5.74, 6) is -0.0531. The zero-order chi connectivity index (χ0) is 24.7. The lowest BCUT2D eigenvalue weighted by Gasteiger charge is -2.37. The first-order valence-corrected chi connectivity index (χ1v) is 11.2. The molecule has 4 rings (SSSR count). The molecule has 0 radical (unpaired) electrons. The van der Waals surface area contributed by atoms with Crippen LogP contribution in [-0.2, 0) is 11.0 Å². The molecule has 0 unspecified atom stereocenters. The summed E-state index contributed by atoms with van der Waals surface area (Å²) in [7, 11) is 0. The van der Waals surface area contributed by atoms with Crippen LogP contribution < -0.4 is 20.3 Å². The molecule has 0 spiro atoms. The van der Waals surface area contributed by atoms with Gasteiger partial charge in [0.1, 0.15) is 11.4 Å². The normalized spacial score (nSPS) is 20.4. The molecular weight excluding hydrogens is 449 g/mol. The van der Waals surface area contributed by atoms with E-state index in [9.17, 15) is 22.8 Å². The lowest BCUT2D eigenvalue weighted by atomic mass is 10.0. The number of urea groups is 1. The van der Waals surface area contributed by atoms with Crippen LogP contribution in [0.15, 0.2) is 36.4 Å². The van der Waals surface area contributed by atoms with E-state index in [0.29, 0.717) is 17.1 Å². The highest BCUT2D eigenvalue weighted by atomic mass is 19.4. The highest BCUT2D eigenvalue weighted by Crippen LogP contribution is 2.41. The van der Waals surface area contributed by atoms with Crippen LogP contribution in [0.2, 0.25) is 0 Å². The highest BCUT2D eigenvalue weighted by molar-refractivity contribution is 6.01. The van der Waals surface area contributed by atoms with Gasteiger partial charge in [0.25, 0.3) is 5.91 Å². The van der Waals surface area contributed by atoms with Gasteiger partial charge in [-0.05, 0) is 57.9 Å². The Balaban J connectivity index is 1.58. The van der Waals surface area contributed by atoms with Crippen LogP contribution in [0.25, 0.3) is 0 Å². The molecule has 2 heterocycles. The summed E-state index contributed by atoms with van der Waals surface area (Å²) in [6.07, 6.45) is -1.46. The largest absolute Gasteiger partial charge is 0.479 e. The smallest absolute Gasteiger partial charge is 0.433 e. The van der Waals surface area contributed by atoms with E-state index >= 15 is 0 Å². The predicted molar refractivity (Wildman–Crippen MR) is 121 cm³/mol. The number of pyridine rings is 1. The first kappa shape index (κ1) is 23.8. The molecule has 2 atom stereocenters. The Hall–Kier alpha value is -3.30.